The zero-order valence-corrected chi connectivity index (χ0v) is 11.9. The Labute approximate surface area is 116 Å². The van der Waals surface area contributed by atoms with E-state index in [0.717, 1.165) is 45.3 Å². The second-order valence-electron chi connectivity index (χ2n) is 4.74. The number of halogens is 2. The first-order valence-electron chi connectivity index (χ1n) is 5.98. The number of amides is 1. The first kappa shape index (κ1) is 17.0. The number of piperidine rings is 1. The lowest BCUT2D eigenvalue weighted by Gasteiger charge is -2.30. The molecule has 0 spiro atoms. The monoisotopic (exact) mass is 283 g/mol. The molecular weight excluding hydrogens is 261 g/mol. The fourth-order valence-corrected chi connectivity index (χ4v) is 2.36. The molecule has 4 nitrogen and oxygen atoms in total. The number of likely N-dealkylation sites (tertiary alicyclic amines) is 1. The SMILES string of the molecule is CN1CCC(NC(=O)[C@@H]2CCCN2)CC1.Cl.Cl. The number of carbonyl (C=O) groups excluding carboxylic acids is 1. The van der Waals surface area contributed by atoms with Gasteiger partial charge in [-0.3, -0.25) is 4.79 Å². The predicted molar refractivity (Wildman–Crippen MR) is 74.2 cm³/mol. The molecule has 102 valence electrons. The molecule has 6 heteroatoms. The molecule has 0 aromatic rings. The Bertz CT molecular complexity index is 227. The summed E-state index contributed by atoms with van der Waals surface area (Å²) in [6.07, 6.45) is 4.31. The fraction of sp³-hybridized carbons (Fsp3) is 0.909. The first-order chi connectivity index (χ1) is 7.25. The van der Waals surface area contributed by atoms with Gasteiger partial charge in [0.2, 0.25) is 5.91 Å². The topological polar surface area (TPSA) is 44.4 Å². The fourth-order valence-electron chi connectivity index (χ4n) is 2.36. The second-order valence-corrected chi connectivity index (χ2v) is 4.74. The average Bonchev–Trinajstić information content (AvgIpc) is 2.74. The van der Waals surface area contributed by atoms with Crippen molar-refractivity contribution in [2.45, 2.75) is 37.8 Å². The molecule has 1 amide bonds. The van der Waals surface area contributed by atoms with E-state index in [0.29, 0.717) is 6.04 Å². The molecule has 0 saturated carbocycles. The Balaban J connectivity index is 0.00000128. The van der Waals surface area contributed by atoms with Gasteiger partial charge >= 0.3 is 0 Å². The van der Waals surface area contributed by atoms with Gasteiger partial charge in [-0.25, -0.2) is 0 Å². The third-order valence-electron chi connectivity index (χ3n) is 3.44. The molecule has 1 atom stereocenters. The summed E-state index contributed by atoms with van der Waals surface area (Å²) in [5, 5.41) is 6.39. The van der Waals surface area contributed by atoms with Gasteiger partial charge < -0.3 is 15.5 Å². The summed E-state index contributed by atoms with van der Waals surface area (Å²) in [4.78, 5) is 14.1. The van der Waals surface area contributed by atoms with Crippen molar-refractivity contribution in [2.24, 2.45) is 0 Å². The average molecular weight is 284 g/mol. The van der Waals surface area contributed by atoms with E-state index in [1.807, 2.05) is 0 Å². The van der Waals surface area contributed by atoms with Crippen LogP contribution in [0.5, 0.6) is 0 Å². The van der Waals surface area contributed by atoms with E-state index in [2.05, 4.69) is 22.6 Å². The van der Waals surface area contributed by atoms with Crippen molar-refractivity contribution < 1.29 is 4.79 Å². The number of nitrogens with one attached hydrogen (secondary N) is 2. The molecule has 2 fully saturated rings. The summed E-state index contributed by atoms with van der Waals surface area (Å²) >= 11 is 0. The summed E-state index contributed by atoms with van der Waals surface area (Å²) < 4.78 is 0. The van der Waals surface area contributed by atoms with Crippen LogP contribution in [-0.4, -0.2) is 49.6 Å². The standard InChI is InChI=1S/C11H21N3O.2ClH/c1-14-7-4-9(5-8-14)13-11(15)10-3-2-6-12-10;;/h9-10,12H,2-8H2,1H3,(H,13,15);2*1H/t10-;;/m0../s1. The molecule has 0 aliphatic carbocycles. The zero-order valence-electron chi connectivity index (χ0n) is 10.3. The predicted octanol–water partition coefficient (Wildman–Crippen LogP) is 0.792. The van der Waals surface area contributed by atoms with Crippen LogP contribution >= 0.6 is 24.8 Å². The lowest BCUT2D eigenvalue weighted by molar-refractivity contribution is -0.123. The minimum absolute atomic E-state index is 0. The van der Waals surface area contributed by atoms with Crippen LogP contribution in [0.25, 0.3) is 0 Å². The lowest BCUT2D eigenvalue weighted by Crippen LogP contribution is -2.48. The Morgan fingerprint density at radius 1 is 1.24 bits per heavy atom. The summed E-state index contributed by atoms with van der Waals surface area (Å²) in [6.45, 7) is 3.19. The van der Waals surface area contributed by atoms with E-state index in [-0.39, 0.29) is 36.8 Å². The number of nitrogens with zero attached hydrogens (tertiary/aromatic N) is 1. The Kier molecular flexibility index (Phi) is 8.12. The molecule has 0 aromatic carbocycles. The van der Waals surface area contributed by atoms with Gasteiger partial charge in [-0.15, -0.1) is 24.8 Å². The van der Waals surface area contributed by atoms with Gasteiger partial charge in [-0.1, -0.05) is 0 Å². The lowest BCUT2D eigenvalue weighted by atomic mass is 10.0. The van der Waals surface area contributed by atoms with Gasteiger partial charge in [0.25, 0.3) is 0 Å². The van der Waals surface area contributed by atoms with E-state index in [1.165, 1.54) is 0 Å². The van der Waals surface area contributed by atoms with E-state index in [1.54, 1.807) is 0 Å². The van der Waals surface area contributed by atoms with Crippen molar-refractivity contribution in [2.75, 3.05) is 26.7 Å². The highest BCUT2D eigenvalue weighted by Gasteiger charge is 2.25. The van der Waals surface area contributed by atoms with Crippen molar-refractivity contribution in [3.63, 3.8) is 0 Å². The van der Waals surface area contributed by atoms with Crippen LogP contribution < -0.4 is 10.6 Å². The van der Waals surface area contributed by atoms with Crippen molar-refractivity contribution in [1.29, 1.82) is 0 Å². The molecule has 2 N–H and O–H groups in total. The summed E-state index contributed by atoms with van der Waals surface area (Å²) in [5.41, 5.74) is 0. The quantitative estimate of drug-likeness (QED) is 0.788. The first-order valence-corrected chi connectivity index (χ1v) is 5.98. The molecular formula is C11H23Cl2N3O. The van der Waals surface area contributed by atoms with Gasteiger partial charge in [-0.05, 0) is 52.4 Å². The molecule has 0 bridgehead atoms. The Hall–Kier alpha value is -0.0300. The Morgan fingerprint density at radius 3 is 2.41 bits per heavy atom. The summed E-state index contributed by atoms with van der Waals surface area (Å²) in [5.74, 6) is 0.210. The van der Waals surface area contributed by atoms with Crippen LogP contribution in [-0.2, 0) is 4.79 Å². The van der Waals surface area contributed by atoms with Crippen LogP contribution in [0.3, 0.4) is 0 Å². The maximum Gasteiger partial charge on any atom is 0.237 e. The van der Waals surface area contributed by atoms with E-state index in [9.17, 15) is 4.79 Å². The largest absolute Gasteiger partial charge is 0.352 e. The van der Waals surface area contributed by atoms with Gasteiger partial charge in [0.15, 0.2) is 0 Å². The van der Waals surface area contributed by atoms with Gasteiger partial charge in [0.1, 0.15) is 0 Å². The smallest absolute Gasteiger partial charge is 0.237 e. The van der Waals surface area contributed by atoms with Crippen LogP contribution in [0.15, 0.2) is 0 Å². The molecule has 0 unspecified atom stereocenters. The highest BCUT2D eigenvalue weighted by molar-refractivity contribution is 5.85. The number of rotatable bonds is 2. The number of hydrogen-bond donors (Lipinski definition) is 2. The van der Waals surface area contributed by atoms with E-state index >= 15 is 0 Å². The highest BCUT2D eigenvalue weighted by Crippen LogP contribution is 2.10. The van der Waals surface area contributed by atoms with Gasteiger partial charge in [0, 0.05) is 6.04 Å². The molecule has 17 heavy (non-hydrogen) atoms. The zero-order chi connectivity index (χ0) is 10.7. The van der Waals surface area contributed by atoms with Crippen molar-refractivity contribution in [3.8, 4) is 0 Å². The van der Waals surface area contributed by atoms with Gasteiger partial charge in [0.05, 0.1) is 6.04 Å². The van der Waals surface area contributed by atoms with Crippen LogP contribution in [0, 0.1) is 0 Å². The third-order valence-corrected chi connectivity index (χ3v) is 3.44. The highest BCUT2D eigenvalue weighted by atomic mass is 35.5. The third kappa shape index (κ3) is 5.00. The van der Waals surface area contributed by atoms with E-state index in [4.69, 9.17) is 0 Å². The van der Waals surface area contributed by atoms with Gasteiger partial charge in [-0.2, -0.15) is 0 Å². The summed E-state index contributed by atoms with van der Waals surface area (Å²) in [6, 6.07) is 0.473. The minimum atomic E-state index is 0. The van der Waals surface area contributed by atoms with E-state index < -0.39 is 0 Å². The second kappa shape index (κ2) is 8.14. The molecule has 0 aromatic heterocycles. The molecule has 0 radical (unpaired) electrons. The molecule has 2 saturated heterocycles. The number of hydrogen-bond acceptors (Lipinski definition) is 3. The van der Waals surface area contributed by atoms with Crippen LogP contribution in [0.4, 0.5) is 0 Å². The van der Waals surface area contributed by atoms with Crippen molar-refractivity contribution in [1.82, 2.24) is 15.5 Å². The minimum Gasteiger partial charge on any atom is -0.352 e. The molecule has 2 aliphatic rings. The normalized spacial score (nSPS) is 25.8. The molecule has 2 aliphatic heterocycles. The molecule has 2 heterocycles. The van der Waals surface area contributed by atoms with Crippen LogP contribution in [0.1, 0.15) is 25.7 Å². The maximum absolute atomic E-state index is 11.8. The maximum atomic E-state index is 11.8. The Morgan fingerprint density at radius 2 is 1.88 bits per heavy atom. The summed E-state index contributed by atoms with van der Waals surface area (Å²) in [7, 11) is 2.14. The van der Waals surface area contributed by atoms with Crippen LogP contribution in [0.2, 0.25) is 0 Å². The number of carbonyl (C=O) groups is 1. The van der Waals surface area contributed by atoms with Crippen molar-refractivity contribution in [3.05, 3.63) is 0 Å². The van der Waals surface area contributed by atoms with Crippen molar-refractivity contribution >= 4 is 30.7 Å². The molecule has 2 rings (SSSR count).